The van der Waals surface area contributed by atoms with Crippen LogP contribution in [0.15, 0.2) is 24.3 Å². The molecule has 0 fully saturated rings. The van der Waals surface area contributed by atoms with Crippen molar-refractivity contribution in [2.45, 2.75) is 39.5 Å². The summed E-state index contributed by atoms with van der Waals surface area (Å²) in [6.07, 6.45) is 5.69. The molecule has 2 nitrogen and oxygen atoms in total. The Balaban J connectivity index is 2.33. The molecule has 0 aromatic heterocycles. The average molecular weight is 244 g/mol. The normalized spacial score (nSPS) is 14.9. The topological polar surface area (TPSA) is 37.3 Å². The number of benzene rings is 1. The van der Waals surface area contributed by atoms with Gasteiger partial charge in [-0.3, -0.25) is 0 Å². The molecule has 0 bridgehead atoms. The number of carboxylic acid groups (broad SMARTS) is 1. The van der Waals surface area contributed by atoms with E-state index in [0.29, 0.717) is 5.92 Å². The van der Waals surface area contributed by atoms with Crippen LogP contribution >= 0.6 is 0 Å². The summed E-state index contributed by atoms with van der Waals surface area (Å²) >= 11 is 0. The lowest BCUT2D eigenvalue weighted by Gasteiger charge is -2.11. The predicted molar refractivity (Wildman–Crippen MR) is 73.5 cm³/mol. The van der Waals surface area contributed by atoms with E-state index in [4.69, 9.17) is 5.11 Å². The van der Waals surface area contributed by atoms with Gasteiger partial charge in [0.05, 0.1) is 0 Å². The minimum Gasteiger partial charge on any atom is -0.478 e. The summed E-state index contributed by atoms with van der Waals surface area (Å²) in [5.74, 6) is -0.394. The Bertz CT molecular complexity index is 484. The van der Waals surface area contributed by atoms with Crippen LogP contribution in [0, 0.1) is 5.92 Å². The number of aryl methyl sites for hydroxylation is 2. The van der Waals surface area contributed by atoms with Crippen molar-refractivity contribution in [2.75, 3.05) is 0 Å². The molecule has 0 spiro atoms. The van der Waals surface area contributed by atoms with Gasteiger partial charge < -0.3 is 5.11 Å². The molecule has 2 rings (SSSR count). The van der Waals surface area contributed by atoms with Gasteiger partial charge in [-0.15, -0.1) is 0 Å². The standard InChI is InChI=1S/C16H20O2/c1-11(2)8-15(10-16(17)18)14-7-6-12-4-3-5-13(12)9-14/h6-7,9-11H,3-5,8H2,1-2H3,(H,17,18)/b15-10+. The van der Waals surface area contributed by atoms with E-state index in [1.807, 2.05) is 0 Å². The van der Waals surface area contributed by atoms with Crippen LogP contribution in [0.5, 0.6) is 0 Å². The highest BCUT2D eigenvalue weighted by molar-refractivity contribution is 5.90. The molecule has 0 saturated heterocycles. The molecule has 1 aromatic rings. The van der Waals surface area contributed by atoms with Crippen LogP contribution in [0.25, 0.3) is 5.57 Å². The number of hydrogen-bond acceptors (Lipinski definition) is 1. The Morgan fingerprint density at radius 1 is 1.33 bits per heavy atom. The molecule has 1 aliphatic carbocycles. The quantitative estimate of drug-likeness (QED) is 0.820. The Morgan fingerprint density at radius 3 is 2.72 bits per heavy atom. The van der Waals surface area contributed by atoms with Crippen molar-refractivity contribution in [3.63, 3.8) is 0 Å². The Hall–Kier alpha value is -1.57. The number of hydrogen-bond donors (Lipinski definition) is 1. The number of carboxylic acids is 1. The van der Waals surface area contributed by atoms with E-state index in [-0.39, 0.29) is 0 Å². The zero-order chi connectivity index (χ0) is 13.1. The predicted octanol–water partition coefficient (Wildman–Crippen LogP) is 3.69. The first-order valence-corrected chi connectivity index (χ1v) is 6.62. The lowest BCUT2D eigenvalue weighted by atomic mass is 9.94. The molecule has 0 atom stereocenters. The van der Waals surface area contributed by atoms with E-state index in [1.165, 1.54) is 23.6 Å². The van der Waals surface area contributed by atoms with Gasteiger partial charge >= 0.3 is 5.97 Å². The van der Waals surface area contributed by atoms with E-state index >= 15 is 0 Å². The van der Waals surface area contributed by atoms with E-state index in [2.05, 4.69) is 32.0 Å². The molecule has 0 radical (unpaired) electrons. The molecule has 0 unspecified atom stereocenters. The third-order valence-corrected chi connectivity index (χ3v) is 3.40. The van der Waals surface area contributed by atoms with Gasteiger partial charge in [-0.25, -0.2) is 4.79 Å². The Morgan fingerprint density at radius 2 is 2.06 bits per heavy atom. The highest BCUT2D eigenvalue weighted by Gasteiger charge is 2.13. The van der Waals surface area contributed by atoms with Crippen LogP contribution in [0.2, 0.25) is 0 Å². The van der Waals surface area contributed by atoms with Crippen LogP contribution in [0.4, 0.5) is 0 Å². The summed E-state index contributed by atoms with van der Waals surface area (Å²) in [5.41, 5.74) is 4.84. The van der Waals surface area contributed by atoms with Gasteiger partial charge in [-0.05, 0) is 53.9 Å². The van der Waals surface area contributed by atoms with Gasteiger partial charge in [-0.2, -0.15) is 0 Å². The van der Waals surface area contributed by atoms with E-state index < -0.39 is 5.97 Å². The average Bonchev–Trinajstić information content (AvgIpc) is 2.73. The van der Waals surface area contributed by atoms with Gasteiger partial charge in [0.15, 0.2) is 0 Å². The molecule has 2 heteroatoms. The van der Waals surface area contributed by atoms with E-state index in [9.17, 15) is 4.79 Å². The largest absolute Gasteiger partial charge is 0.478 e. The van der Waals surface area contributed by atoms with Crippen molar-refractivity contribution in [1.29, 1.82) is 0 Å². The first-order chi connectivity index (χ1) is 8.56. The van der Waals surface area contributed by atoms with Crippen molar-refractivity contribution < 1.29 is 9.90 Å². The maximum atomic E-state index is 10.9. The van der Waals surface area contributed by atoms with E-state index in [0.717, 1.165) is 30.4 Å². The first-order valence-electron chi connectivity index (χ1n) is 6.62. The van der Waals surface area contributed by atoms with Crippen molar-refractivity contribution in [2.24, 2.45) is 5.92 Å². The summed E-state index contributed by atoms with van der Waals surface area (Å²) < 4.78 is 0. The molecular formula is C16H20O2. The highest BCUT2D eigenvalue weighted by atomic mass is 16.4. The van der Waals surface area contributed by atoms with Crippen LogP contribution in [-0.2, 0) is 17.6 Å². The van der Waals surface area contributed by atoms with Crippen molar-refractivity contribution in [1.82, 2.24) is 0 Å². The molecule has 0 heterocycles. The Kier molecular flexibility index (Phi) is 3.85. The smallest absolute Gasteiger partial charge is 0.328 e. The summed E-state index contributed by atoms with van der Waals surface area (Å²) in [5, 5.41) is 8.98. The lowest BCUT2D eigenvalue weighted by molar-refractivity contribution is -0.131. The minimum absolute atomic E-state index is 0.462. The molecule has 0 aliphatic heterocycles. The fourth-order valence-electron chi connectivity index (χ4n) is 2.62. The van der Waals surface area contributed by atoms with Gasteiger partial charge in [0.25, 0.3) is 0 Å². The van der Waals surface area contributed by atoms with Crippen molar-refractivity contribution in [3.05, 3.63) is 41.0 Å². The second-order valence-electron chi connectivity index (χ2n) is 5.44. The molecule has 0 amide bonds. The number of rotatable bonds is 4. The molecular weight excluding hydrogens is 224 g/mol. The van der Waals surface area contributed by atoms with Gasteiger partial charge in [-0.1, -0.05) is 32.0 Å². The number of fused-ring (bicyclic) bond motifs is 1. The van der Waals surface area contributed by atoms with Crippen LogP contribution in [0.3, 0.4) is 0 Å². The summed E-state index contributed by atoms with van der Waals surface area (Å²) in [4.78, 5) is 10.9. The maximum absolute atomic E-state index is 10.9. The third-order valence-electron chi connectivity index (χ3n) is 3.40. The zero-order valence-electron chi connectivity index (χ0n) is 11.1. The molecule has 96 valence electrons. The monoisotopic (exact) mass is 244 g/mol. The van der Waals surface area contributed by atoms with Crippen molar-refractivity contribution >= 4 is 11.5 Å². The van der Waals surface area contributed by atoms with Gasteiger partial charge in [0, 0.05) is 6.08 Å². The highest BCUT2D eigenvalue weighted by Crippen LogP contribution is 2.28. The second-order valence-corrected chi connectivity index (χ2v) is 5.44. The van der Waals surface area contributed by atoms with Gasteiger partial charge in [0.1, 0.15) is 0 Å². The third kappa shape index (κ3) is 3.00. The van der Waals surface area contributed by atoms with E-state index in [1.54, 1.807) is 0 Å². The summed E-state index contributed by atoms with van der Waals surface area (Å²) in [6, 6.07) is 6.41. The van der Waals surface area contributed by atoms with Crippen LogP contribution in [0.1, 0.15) is 43.4 Å². The summed E-state index contributed by atoms with van der Waals surface area (Å²) in [6.45, 7) is 4.23. The first kappa shape index (κ1) is 12.9. The molecule has 0 saturated carbocycles. The Labute approximate surface area is 108 Å². The summed E-state index contributed by atoms with van der Waals surface area (Å²) in [7, 11) is 0. The van der Waals surface area contributed by atoms with Gasteiger partial charge in [0.2, 0.25) is 0 Å². The molecule has 18 heavy (non-hydrogen) atoms. The number of aliphatic carboxylic acids is 1. The fourth-order valence-corrected chi connectivity index (χ4v) is 2.62. The SMILES string of the molecule is CC(C)C/C(=C\C(=O)O)c1ccc2c(c1)CCC2. The maximum Gasteiger partial charge on any atom is 0.328 e. The lowest BCUT2D eigenvalue weighted by Crippen LogP contribution is -1.98. The number of allylic oxidation sites excluding steroid dienone is 1. The molecule has 1 N–H and O–H groups in total. The fraction of sp³-hybridized carbons (Fsp3) is 0.438. The second kappa shape index (κ2) is 5.38. The van der Waals surface area contributed by atoms with Crippen LogP contribution < -0.4 is 0 Å². The molecule has 1 aromatic carbocycles. The van der Waals surface area contributed by atoms with Crippen LogP contribution in [-0.4, -0.2) is 11.1 Å². The number of carbonyl (C=O) groups is 1. The van der Waals surface area contributed by atoms with Crippen molar-refractivity contribution in [3.8, 4) is 0 Å². The minimum atomic E-state index is -0.855. The molecule has 1 aliphatic rings. The zero-order valence-corrected chi connectivity index (χ0v) is 11.1.